The Bertz CT molecular complexity index is 1300. The summed E-state index contributed by atoms with van der Waals surface area (Å²) in [6.07, 6.45) is 0. The number of carbonyl (C=O) groups is 2. The maximum absolute atomic E-state index is 12.7. The van der Waals surface area contributed by atoms with Gasteiger partial charge in [0.25, 0.3) is 5.91 Å². The fraction of sp³-hybridized carbons (Fsp3) is 0.115. The normalized spacial score (nSPS) is 11.5. The van der Waals surface area contributed by atoms with E-state index in [2.05, 4.69) is 15.6 Å². The van der Waals surface area contributed by atoms with Crippen LogP contribution in [0.5, 0.6) is 5.75 Å². The third-order valence-electron chi connectivity index (χ3n) is 4.79. The molecular weight excluding hydrogens is 502 g/mol. The number of halogens is 1. The zero-order valence-corrected chi connectivity index (χ0v) is 21.1. The second kappa shape index (κ2) is 11.9. The number of benzene rings is 3. The third-order valence-corrected chi connectivity index (χ3v) is 6.89. The van der Waals surface area contributed by atoms with E-state index in [-0.39, 0.29) is 23.7 Å². The van der Waals surface area contributed by atoms with Crippen LogP contribution in [0.3, 0.4) is 0 Å². The highest BCUT2D eigenvalue weighted by Gasteiger charge is 2.17. The molecule has 3 aromatic carbocycles. The molecule has 0 saturated heterocycles. The van der Waals surface area contributed by atoms with Crippen LogP contribution in [-0.4, -0.2) is 28.7 Å². The minimum absolute atomic E-state index is 0.0913. The lowest BCUT2D eigenvalue weighted by Crippen LogP contribution is -2.22. The summed E-state index contributed by atoms with van der Waals surface area (Å²) in [6, 6.07) is 23.9. The first-order valence-electron chi connectivity index (χ1n) is 10.7. The SMILES string of the molecule is CC(Sc1cccc(NC(=O)COc2ccccc2)c1)C(=O)Nc1nc(-c2ccc(Cl)cc2)cs1. The molecule has 1 unspecified atom stereocenters. The number of hydrogen-bond donors (Lipinski definition) is 2. The van der Waals surface area contributed by atoms with Crippen molar-refractivity contribution in [2.45, 2.75) is 17.1 Å². The van der Waals surface area contributed by atoms with Gasteiger partial charge in [0, 0.05) is 26.5 Å². The summed E-state index contributed by atoms with van der Waals surface area (Å²) in [6.45, 7) is 1.73. The van der Waals surface area contributed by atoms with E-state index in [4.69, 9.17) is 16.3 Å². The predicted molar refractivity (Wildman–Crippen MR) is 144 cm³/mol. The average Bonchev–Trinajstić information content (AvgIpc) is 3.32. The van der Waals surface area contributed by atoms with Crippen LogP contribution in [0, 0.1) is 0 Å². The first-order valence-corrected chi connectivity index (χ1v) is 12.9. The molecule has 178 valence electrons. The number of amides is 2. The number of aromatic nitrogens is 1. The molecule has 0 aliphatic carbocycles. The minimum Gasteiger partial charge on any atom is -0.484 e. The fourth-order valence-electron chi connectivity index (χ4n) is 3.06. The van der Waals surface area contributed by atoms with Crippen molar-refractivity contribution in [1.29, 1.82) is 0 Å². The van der Waals surface area contributed by atoms with Gasteiger partial charge in [0.2, 0.25) is 5.91 Å². The second-order valence-electron chi connectivity index (χ2n) is 7.47. The van der Waals surface area contributed by atoms with Gasteiger partial charge in [-0.05, 0) is 49.4 Å². The van der Waals surface area contributed by atoms with E-state index in [0.717, 1.165) is 16.2 Å². The lowest BCUT2D eigenvalue weighted by molar-refractivity contribution is -0.118. The number of para-hydroxylation sites is 1. The Morgan fingerprint density at radius 1 is 1.03 bits per heavy atom. The Balaban J connectivity index is 1.29. The van der Waals surface area contributed by atoms with E-state index in [0.29, 0.717) is 21.6 Å². The van der Waals surface area contributed by atoms with Crippen LogP contribution in [0.25, 0.3) is 11.3 Å². The molecule has 0 spiro atoms. The van der Waals surface area contributed by atoms with Gasteiger partial charge in [0.05, 0.1) is 10.9 Å². The molecule has 0 saturated carbocycles. The number of thioether (sulfide) groups is 1. The molecule has 0 bridgehead atoms. The Hall–Kier alpha value is -3.33. The maximum Gasteiger partial charge on any atom is 0.262 e. The number of ether oxygens (including phenoxy) is 1. The monoisotopic (exact) mass is 523 g/mol. The van der Waals surface area contributed by atoms with Crippen LogP contribution in [-0.2, 0) is 9.59 Å². The number of thiazole rings is 1. The quantitative estimate of drug-likeness (QED) is 0.241. The lowest BCUT2D eigenvalue weighted by atomic mass is 10.2. The van der Waals surface area contributed by atoms with E-state index in [1.165, 1.54) is 23.1 Å². The summed E-state index contributed by atoms with van der Waals surface area (Å²) in [7, 11) is 0. The molecular formula is C26H22ClN3O3S2. The summed E-state index contributed by atoms with van der Waals surface area (Å²) >= 11 is 8.71. The van der Waals surface area contributed by atoms with E-state index in [1.807, 2.05) is 60.8 Å². The van der Waals surface area contributed by atoms with Gasteiger partial charge in [-0.25, -0.2) is 4.98 Å². The Labute approximate surface area is 216 Å². The highest BCUT2D eigenvalue weighted by molar-refractivity contribution is 8.00. The summed E-state index contributed by atoms with van der Waals surface area (Å²) < 4.78 is 5.48. The van der Waals surface area contributed by atoms with E-state index < -0.39 is 0 Å². The fourth-order valence-corrected chi connectivity index (χ4v) is 4.83. The zero-order chi connectivity index (χ0) is 24.6. The van der Waals surface area contributed by atoms with Crippen molar-refractivity contribution in [3.8, 4) is 17.0 Å². The first kappa shape index (κ1) is 24.8. The van der Waals surface area contributed by atoms with Crippen LogP contribution < -0.4 is 15.4 Å². The highest BCUT2D eigenvalue weighted by atomic mass is 35.5. The van der Waals surface area contributed by atoms with Gasteiger partial charge in [-0.1, -0.05) is 48.0 Å². The van der Waals surface area contributed by atoms with Gasteiger partial charge in [-0.2, -0.15) is 0 Å². The standard InChI is InChI=1S/C26H22ClN3O3S2/c1-17(25(32)30-26-29-23(16-34-26)18-10-12-19(27)13-11-18)35-22-9-5-6-20(14-22)28-24(31)15-33-21-7-3-2-4-8-21/h2-14,16-17H,15H2,1H3,(H,28,31)(H,29,30,32). The molecule has 6 nitrogen and oxygen atoms in total. The van der Waals surface area contributed by atoms with Crippen molar-refractivity contribution in [2.24, 2.45) is 0 Å². The molecule has 0 fully saturated rings. The molecule has 35 heavy (non-hydrogen) atoms. The van der Waals surface area contributed by atoms with Gasteiger partial charge < -0.3 is 15.4 Å². The number of carbonyl (C=O) groups excluding carboxylic acids is 2. The van der Waals surface area contributed by atoms with Crippen LogP contribution in [0.15, 0.2) is 89.1 Å². The summed E-state index contributed by atoms with van der Waals surface area (Å²) in [5.41, 5.74) is 2.35. The minimum atomic E-state index is -0.370. The van der Waals surface area contributed by atoms with Gasteiger partial charge in [0.15, 0.2) is 11.7 Å². The van der Waals surface area contributed by atoms with Crippen molar-refractivity contribution < 1.29 is 14.3 Å². The molecule has 1 aromatic heterocycles. The van der Waals surface area contributed by atoms with Crippen molar-refractivity contribution in [3.05, 3.63) is 89.3 Å². The summed E-state index contributed by atoms with van der Waals surface area (Å²) in [5, 5.41) is 8.42. The Kier molecular flexibility index (Phi) is 8.41. The first-order chi connectivity index (χ1) is 17.0. The molecule has 2 N–H and O–H groups in total. The molecule has 2 amide bonds. The molecule has 9 heteroatoms. The van der Waals surface area contributed by atoms with Gasteiger partial charge in [0.1, 0.15) is 5.75 Å². The second-order valence-corrected chi connectivity index (χ2v) is 10.2. The molecule has 4 rings (SSSR count). The molecule has 1 heterocycles. The predicted octanol–water partition coefficient (Wildman–Crippen LogP) is 6.60. The van der Waals surface area contributed by atoms with Gasteiger partial charge in [-0.15, -0.1) is 23.1 Å². The summed E-state index contributed by atoms with van der Waals surface area (Å²) in [5.74, 6) is 0.215. The van der Waals surface area contributed by atoms with Gasteiger partial charge in [-0.3, -0.25) is 9.59 Å². The van der Waals surface area contributed by atoms with E-state index >= 15 is 0 Å². The molecule has 1 atom stereocenters. The Morgan fingerprint density at radius 2 is 1.80 bits per heavy atom. The lowest BCUT2D eigenvalue weighted by Gasteiger charge is -2.12. The maximum atomic E-state index is 12.7. The third kappa shape index (κ3) is 7.32. The van der Waals surface area contributed by atoms with Crippen LogP contribution in [0.2, 0.25) is 5.02 Å². The van der Waals surface area contributed by atoms with Crippen molar-refractivity contribution >= 4 is 57.3 Å². The number of nitrogens with zero attached hydrogens (tertiary/aromatic N) is 1. The molecule has 0 aliphatic rings. The van der Waals surface area contributed by atoms with Crippen molar-refractivity contribution in [3.63, 3.8) is 0 Å². The number of rotatable bonds is 9. The zero-order valence-electron chi connectivity index (χ0n) is 18.7. The summed E-state index contributed by atoms with van der Waals surface area (Å²) in [4.78, 5) is 30.3. The molecule has 0 aliphatic heterocycles. The van der Waals surface area contributed by atoms with Crippen LogP contribution in [0.4, 0.5) is 10.8 Å². The van der Waals surface area contributed by atoms with Crippen molar-refractivity contribution in [1.82, 2.24) is 4.98 Å². The molecule has 0 radical (unpaired) electrons. The van der Waals surface area contributed by atoms with Crippen LogP contribution >= 0.6 is 34.7 Å². The smallest absolute Gasteiger partial charge is 0.262 e. The van der Waals surface area contributed by atoms with E-state index in [9.17, 15) is 9.59 Å². The van der Waals surface area contributed by atoms with Crippen LogP contribution in [0.1, 0.15) is 6.92 Å². The highest BCUT2D eigenvalue weighted by Crippen LogP contribution is 2.29. The average molecular weight is 524 g/mol. The number of hydrogen-bond acceptors (Lipinski definition) is 6. The van der Waals surface area contributed by atoms with Gasteiger partial charge >= 0.3 is 0 Å². The topological polar surface area (TPSA) is 80.3 Å². The number of nitrogens with one attached hydrogen (secondary N) is 2. The van der Waals surface area contributed by atoms with E-state index in [1.54, 1.807) is 30.3 Å². The molecule has 4 aromatic rings. The van der Waals surface area contributed by atoms with Crippen molar-refractivity contribution in [2.75, 3.05) is 17.2 Å². The Morgan fingerprint density at radius 3 is 2.57 bits per heavy atom. The largest absolute Gasteiger partial charge is 0.484 e. The number of anilines is 2.